The number of hydrogen-bond donors (Lipinski definition) is 0. The molecule has 35 heavy (non-hydrogen) atoms. The fraction of sp³-hybridized carbons (Fsp3) is 0.167. The maximum atomic E-state index is 14.5. The highest BCUT2D eigenvalue weighted by Gasteiger charge is 2.34. The van der Waals surface area contributed by atoms with Crippen molar-refractivity contribution in [2.75, 3.05) is 19.1 Å². The van der Waals surface area contributed by atoms with Crippen molar-refractivity contribution in [3.05, 3.63) is 88.8 Å². The Morgan fingerprint density at radius 2 is 1.54 bits per heavy atom. The summed E-state index contributed by atoms with van der Waals surface area (Å²) in [6.45, 7) is 1.68. The monoisotopic (exact) mass is 495 g/mol. The maximum absolute atomic E-state index is 14.5. The number of rotatable bonds is 5. The lowest BCUT2D eigenvalue weighted by molar-refractivity contribution is -0.139. The molecule has 0 fully saturated rings. The first-order valence-electron chi connectivity index (χ1n) is 9.87. The Kier molecular flexibility index (Phi) is 7.28. The lowest BCUT2D eigenvalue weighted by Crippen LogP contribution is -2.27. The van der Waals surface area contributed by atoms with Crippen LogP contribution in [-0.4, -0.2) is 26.2 Å². The van der Waals surface area contributed by atoms with Gasteiger partial charge < -0.3 is 19.1 Å². The third-order valence-electron chi connectivity index (χ3n) is 4.80. The molecule has 0 saturated carbocycles. The van der Waals surface area contributed by atoms with Gasteiger partial charge >= 0.3 is 18.1 Å². The quantitative estimate of drug-likeness (QED) is 0.399. The summed E-state index contributed by atoms with van der Waals surface area (Å²) in [5.41, 5.74) is -1.36. The Balaban J connectivity index is 2.19. The number of esters is 2. The highest BCUT2D eigenvalue weighted by molar-refractivity contribution is 6.05. The number of carbonyl (C=O) groups is 2. The standard InChI is InChI=1S/C24H18F5NO5/c1-13-7-8-19(35-21-16(25)11-14(12-17(21)26)24(27,28)29)18(10-13)30-9-5-4-6-15(22(31)33-2)20(30)23(32)34-3/h4-12H,1-3H3. The van der Waals surface area contributed by atoms with Crippen LogP contribution in [0.15, 0.2) is 66.0 Å². The number of carbonyl (C=O) groups excluding carboxylic acids is 2. The smallest absolute Gasteiger partial charge is 0.416 e. The second kappa shape index (κ2) is 10.00. The van der Waals surface area contributed by atoms with Gasteiger partial charge in [0.2, 0.25) is 0 Å². The number of aryl methyl sites for hydroxylation is 1. The molecular weight excluding hydrogens is 477 g/mol. The molecule has 0 N–H and O–H groups in total. The molecule has 1 aliphatic rings. The topological polar surface area (TPSA) is 65.1 Å². The van der Waals surface area contributed by atoms with Crippen LogP contribution in [-0.2, 0) is 25.2 Å². The van der Waals surface area contributed by atoms with Crippen LogP contribution in [0.3, 0.4) is 0 Å². The number of alkyl halides is 3. The van der Waals surface area contributed by atoms with E-state index in [-0.39, 0.29) is 34.8 Å². The van der Waals surface area contributed by atoms with Gasteiger partial charge in [-0.3, -0.25) is 0 Å². The van der Waals surface area contributed by atoms with Crippen LogP contribution < -0.4 is 9.64 Å². The summed E-state index contributed by atoms with van der Waals surface area (Å²) < 4.78 is 82.6. The minimum Gasteiger partial charge on any atom is -0.465 e. The minimum atomic E-state index is -4.97. The van der Waals surface area contributed by atoms with Gasteiger partial charge in [0.15, 0.2) is 23.1 Å². The van der Waals surface area contributed by atoms with Gasteiger partial charge in [0, 0.05) is 6.20 Å². The molecule has 3 rings (SSSR count). The second-order valence-electron chi connectivity index (χ2n) is 7.16. The van der Waals surface area contributed by atoms with E-state index in [1.54, 1.807) is 6.92 Å². The first-order chi connectivity index (χ1) is 16.5. The van der Waals surface area contributed by atoms with Crippen LogP contribution in [0.2, 0.25) is 0 Å². The number of methoxy groups -OCH3 is 2. The van der Waals surface area contributed by atoms with Crippen LogP contribution in [0.4, 0.5) is 27.6 Å². The summed E-state index contributed by atoms with van der Waals surface area (Å²) in [4.78, 5) is 26.2. The molecule has 11 heteroatoms. The molecule has 1 aliphatic heterocycles. The van der Waals surface area contributed by atoms with E-state index in [2.05, 4.69) is 0 Å². The number of benzene rings is 2. The van der Waals surface area contributed by atoms with Crippen molar-refractivity contribution in [2.24, 2.45) is 0 Å². The predicted molar refractivity (Wildman–Crippen MR) is 114 cm³/mol. The molecule has 0 aliphatic carbocycles. The van der Waals surface area contributed by atoms with Crippen LogP contribution in [0.25, 0.3) is 0 Å². The zero-order valence-corrected chi connectivity index (χ0v) is 18.6. The van der Waals surface area contributed by atoms with Gasteiger partial charge in [0.1, 0.15) is 5.70 Å². The number of anilines is 1. The van der Waals surface area contributed by atoms with E-state index >= 15 is 0 Å². The lowest BCUT2D eigenvalue weighted by Gasteiger charge is -2.25. The van der Waals surface area contributed by atoms with E-state index in [1.807, 2.05) is 0 Å². The van der Waals surface area contributed by atoms with Crippen LogP contribution >= 0.6 is 0 Å². The number of ether oxygens (including phenoxy) is 3. The number of nitrogens with zero attached hydrogens (tertiary/aromatic N) is 1. The SMILES string of the molecule is COC(=O)C1=C(C(=O)OC)N(c2cc(C)ccc2Oc2c(F)cc(C(F)(F)F)cc2F)C=CC=C1. The zero-order valence-electron chi connectivity index (χ0n) is 18.6. The molecule has 2 aromatic carbocycles. The Labute approximate surface area is 196 Å². The summed E-state index contributed by atoms with van der Waals surface area (Å²) in [5, 5.41) is 0. The molecule has 0 radical (unpaired) electrons. The minimum absolute atomic E-state index is 0.0328. The van der Waals surface area contributed by atoms with Gasteiger partial charge in [-0.1, -0.05) is 12.1 Å². The van der Waals surface area contributed by atoms with Crippen molar-refractivity contribution in [2.45, 2.75) is 13.1 Å². The van der Waals surface area contributed by atoms with Crippen molar-refractivity contribution < 1.29 is 45.8 Å². The summed E-state index contributed by atoms with van der Waals surface area (Å²) in [6.07, 6.45) is 0.606. The number of halogens is 5. The van der Waals surface area contributed by atoms with E-state index in [1.165, 1.54) is 47.5 Å². The Bertz CT molecular complexity index is 1240. The van der Waals surface area contributed by atoms with Gasteiger partial charge in [0.25, 0.3) is 0 Å². The molecule has 0 amide bonds. The molecule has 6 nitrogen and oxygen atoms in total. The lowest BCUT2D eigenvalue weighted by atomic mass is 10.1. The summed E-state index contributed by atoms with van der Waals surface area (Å²) in [7, 11) is 2.19. The molecule has 184 valence electrons. The number of allylic oxidation sites excluding steroid dienone is 2. The molecule has 1 heterocycles. The van der Waals surface area contributed by atoms with E-state index in [9.17, 15) is 31.5 Å². The predicted octanol–water partition coefficient (Wildman–Crippen LogP) is 5.57. The third-order valence-corrected chi connectivity index (χ3v) is 4.80. The summed E-state index contributed by atoms with van der Waals surface area (Å²) >= 11 is 0. The molecule has 2 aromatic rings. The highest BCUT2D eigenvalue weighted by atomic mass is 19.4. The van der Waals surface area contributed by atoms with Gasteiger partial charge in [0.05, 0.1) is 31.0 Å². The van der Waals surface area contributed by atoms with Crippen LogP contribution in [0, 0.1) is 18.6 Å². The van der Waals surface area contributed by atoms with Crippen LogP contribution in [0.1, 0.15) is 11.1 Å². The van der Waals surface area contributed by atoms with Crippen molar-refractivity contribution >= 4 is 17.6 Å². The Morgan fingerprint density at radius 3 is 2.11 bits per heavy atom. The van der Waals surface area contributed by atoms with E-state index in [0.717, 1.165) is 14.2 Å². The van der Waals surface area contributed by atoms with E-state index < -0.39 is 41.1 Å². The first kappa shape index (κ1) is 25.5. The first-order valence-corrected chi connectivity index (χ1v) is 9.87. The molecule has 0 atom stereocenters. The van der Waals surface area contributed by atoms with Crippen molar-refractivity contribution in [1.82, 2.24) is 0 Å². The second-order valence-corrected chi connectivity index (χ2v) is 7.16. The van der Waals surface area contributed by atoms with Crippen molar-refractivity contribution in [3.8, 4) is 11.5 Å². The van der Waals surface area contributed by atoms with Crippen molar-refractivity contribution in [3.63, 3.8) is 0 Å². The van der Waals surface area contributed by atoms with Gasteiger partial charge in [-0.25, -0.2) is 18.4 Å². The average Bonchev–Trinajstić information content (AvgIpc) is 3.03. The van der Waals surface area contributed by atoms with Gasteiger partial charge in [-0.15, -0.1) is 0 Å². The molecule has 0 saturated heterocycles. The number of hydrogen-bond acceptors (Lipinski definition) is 6. The largest absolute Gasteiger partial charge is 0.465 e. The zero-order chi connectivity index (χ0) is 25.9. The molecule has 0 spiro atoms. The average molecular weight is 495 g/mol. The Hall–Kier alpha value is -4.15. The highest BCUT2D eigenvalue weighted by Crippen LogP contribution is 2.40. The molecule has 0 aromatic heterocycles. The fourth-order valence-electron chi connectivity index (χ4n) is 3.18. The van der Waals surface area contributed by atoms with E-state index in [0.29, 0.717) is 5.56 Å². The fourth-order valence-corrected chi connectivity index (χ4v) is 3.18. The van der Waals surface area contributed by atoms with Gasteiger partial charge in [-0.05, 0) is 48.9 Å². The normalized spacial score (nSPS) is 13.5. The molecular formula is C24H18F5NO5. The molecule has 0 bridgehead atoms. The Morgan fingerprint density at radius 1 is 0.914 bits per heavy atom. The van der Waals surface area contributed by atoms with Crippen LogP contribution in [0.5, 0.6) is 11.5 Å². The van der Waals surface area contributed by atoms with E-state index in [4.69, 9.17) is 14.2 Å². The summed E-state index contributed by atoms with van der Waals surface area (Å²) in [6, 6.07) is 4.51. The maximum Gasteiger partial charge on any atom is 0.416 e. The van der Waals surface area contributed by atoms with Crippen molar-refractivity contribution in [1.29, 1.82) is 0 Å². The molecule has 0 unspecified atom stereocenters. The summed E-state index contributed by atoms with van der Waals surface area (Å²) in [5.74, 6) is -6.31. The van der Waals surface area contributed by atoms with Gasteiger partial charge in [-0.2, -0.15) is 13.2 Å². The third kappa shape index (κ3) is 5.34.